The highest BCUT2D eigenvalue weighted by Gasteiger charge is 2.43. The maximum atomic E-state index is 11.6. The molecule has 2 rings (SSSR count). The quantitative estimate of drug-likeness (QED) is 0.418. The first-order chi connectivity index (χ1) is 10.5. The average Bonchev–Trinajstić information content (AvgIpc) is 2.54. The second kappa shape index (κ2) is 7.48. The number of carbonyl (C=O) groups is 1. The van der Waals surface area contributed by atoms with E-state index in [9.17, 15) is 25.2 Å². The monoisotopic (exact) mass is 310 g/mol. The lowest BCUT2D eigenvalue weighted by Gasteiger charge is -2.37. The minimum Gasteiger partial charge on any atom is -0.460 e. The average molecular weight is 310 g/mol. The van der Waals surface area contributed by atoms with Crippen molar-refractivity contribution in [1.82, 2.24) is 0 Å². The summed E-state index contributed by atoms with van der Waals surface area (Å²) < 4.78 is 9.78. The third-order valence-electron chi connectivity index (χ3n) is 3.29. The van der Waals surface area contributed by atoms with Crippen molar-refractivity contribution in [3.8, 4) is 0 Å². The summed E-state index contributed by atoms with van der Waals surface area (Å²) in [5, 5.41) is 37.9. The van der Waals surface area contributed by atoms with Gasteiger partial charge >= 0.3 is 5.97 Å². The van der Waals surface area contributed by atoms with Gasteiger partial charge in [0.1, 0.15) is 31.0 Å². The Hall–Kier alpha value is -1.77. The van der Waals surface area contributed by atoms with Gasteiger partial charge < -0.3 is 29.9 Å². The van der Waals surface area contributed by atoms with E-state index in [0.29, 0.717) is 0 Å². The van der Waals surface area contributed by atoms with Crippen LogP contribution < -0.4 is 0 Å². The van der Waals surface area contributed by atoms with Crippen molar-refractivity contribution in [2.75, 3.05) is 6.61 Å². The molecule has 1 aromatic carbocycles. The molecule has 0 saturated carbocycles. The van der Waals surface area contributed by atoms with Crippen molar-refractivity contribution in [2.24, 2.45) is 0 Å². The molecule has 7 heteroatoms. The Bertz CT molecular complexity index is 516. The first-order valence-corrected chi connectivity index (χ1v) is 6.76. The minimum atomic E-state index is -1.65. The Morgan fingerprint density at radius 2 is 1.77 bits per heavy atom. The lowest BCUT2D eigenvalue weighted by Crippen LogP contribution is -2.58. The van der Waals surface area contributed by atoms with Crippen LogP contribution in [0, 0.1) is 0 Å². The van der Waals surface area contributed by atoms with E-state index in [2.05, 4.69) is 0 Å². The third kappa shape index (κ3) is 4.12. The number of aliphatic hydroxyl groups is 4. The Morgan fingerprint density at radius 3 is 2.45 bits per heavy atom. The fraction of sp³-hybridized carbons (Fsp3) is 0.400. The summed E-state index contributed by atoms with van der Waals surface area (Å²) in [7, 11) is 0. The molecular weight excluding hydrogens is 292 g/mol. The Labute approximate surface area is 127 Å². The van der Waals surface area contributed by atoms with Crippen molar-refractivity contribution in [1.29, 1.82) is 0 Å². The van der Waals surface area contributed by atoms with Crippen molar-refractivity contribution in [3.05, 3.63) is 42.0 Å². The Kier molecular flexibility index (Phi) is 5.64. The van der Waals surface area contributed by atoms with Crippen LogP contribution in [-0.2, 0) is 14.3 Å². The number of carbonyl (C=O) groups excluding carboxylic acids is 1. The number of hydrogen-bond donors (Lipinski definition) is 4. The van der Waals surface area contributed by atoms with E-state index < -0.39 is 36.7 Å². The molecule has 0 spiro atoms. The summed E-state index contributed by atoms with van der Waals surface area (Å²) in [6.07, 6.45) is -4.65. The SMILES string of the molecule is O=C(C=Cc1ccccc1)OC[C@H]1O[C@H](O)[C@H](O)[C@@H](O)[C@@H]1O. The normalized spacial score (nSPS) is 32.1. The molecule has 1 fully saturated rings. The predicted octanol–water partition coefficient (Wildman–Crippen LogP) is -0.957. The summed E-state index contributed by atoms with van der Waals surface area (Å²) in [5.74, 6) is -0.658. The highest BCUT2D eigenvalue weighted by molar-refractivity contribution is 5.87. The predicted molar refractivity (Wildman–Crippen MR) is 75.3 cm³/mol. The van der Waals surface area contributed by atoms with E-state index in [1.54, 1.807) is 6.08 Å². The standard InChI is InChI=1S/C15H18O7/c16-11(7-6-9-4-2-1-3-5-9)21-8-10-12(17)13(18)14(19)15(20)22-10/h1-7,10,12-15,17-20H,8H2/t10-,12-,13+,14-,15+/m1/s1. The molecule has 0 amide bonds. The largest absolute Gasteiger partial charge is 0.460 e. The molecule has 7 nitrogen and oxygen atoms in total. The van der Waals surface area contributed by atoms with Crippen molar-refractivity contribution in [2.45, 2.75) is 30.7 Å². The van der Waals surface area contributed by atoms with E-state index in [-0.39, 0.29) is 6.61 Å². The molecule has 4 N–H and O–H groups in total. The summed E-state index contributed by atoms with van der Waals surface area (Å²) >= 11 is 0. The molecule has 22 heavy (non-hydrogen) atoms. The van der Waals surface area contributed by atoms with Crippen LogP contribution in [0.3, 0.4) is 0 Å². The number of ether oxygens (including phenoxy) is 2. The van der Waals surface area contributed by atoms with Gasteiger partial charge in [-0.25, -0.2) is 4.79 Å². The maximum Gasteiger partial charge on any atom is 0.330 e. The first kappa shape index (κ1) is 16.6. The number of hydrogen-bond acceptors (Lipinski definition) is 7. The number of esters is 1. The first-order valence-electron chi connectivity index (χ1n) is 6.76. The highest BCUT2D eigenvalue weighted by Crippen LogP contribution is 2.20. The van der Waals surface area contributed by atoms with E-state index in [4.69, 9.17) is 9.47 Å². The lowest BCUT2D eigenvalue weighted by molar-refractivity contribution is -0.287. The molecule has 5 atom stereocenters. The second-order valence-electron chi connectivity index (χ2n) is 4.91. The van der Waals surface area contributed by atoms with Gasteiger partial charge in [0, 0.05) is 6.08 Å². The van der Waals surface area contributed by atoms with E-state index in [0.717, 1.165) is 5.56 Å². The summed E-state index contributed by atoms with van der Waals surface area (Å²) in [6, 6.07) is 9.12. The summed E-state index contributed by atoms with van der Waals surface area (Å²) in [4.78, 5) is 11.6. The molecule has 0 aliphatic carbocycles. The second-order valence-corrected chi connectivity index (χ2v) is 4.91. The van der Waals surface area contributed by atoms with E-state index >= 15 is 0 Å². The highest BCUT2D eigenvalue weighted by atomic mass is 16.6. The number of rotatable bonds is 4. The molecule has 120 valence electrons. The van der Waals surface area contributed by atoms with Gasteiger partial charge in [0.05, 0.1) is 0 Å². The van der Waals surface area contributed by atoms with Crippen LogP contribution in [0.1, 0.15) is 5.56 Å². The zero-order valence-electron chi connectivity index (χ0n) is 11.6. The van der Waals surface area contributed by atoms with E-state index in [1.807, 2.05) is 30.3 Å². The molecule has 1 aromatic rings. The maximum absolute atomic E-state index is 11.6. The smallest absolute Gasteiger partial charge is 0.330 e. The summed E-state index contributed by atoms with van der Waals surface area (Å²) in [5.41, 5.74) is 0.822. The van der Waals surface area contributed by atoms with Crippen molar-refractivity contribution >= 4 is 12.0 Å². The van der Waals surface area contributed by atoms with Gasteiger partial charge in [0.15, 0.2) is 6.29 Å². The fourth-order valence-corrected chi connectivity index (χ4v) is 2.01. The molecule has 0 bridgehead atoms. The zero-order chi connectivity index (χ0) is 16.1. The van der Waals surface area contributed by atoms with Gasteiger partial charge in [-0.1, -0.05) is 30.3 Å². The van der Waals surface area contributed by atoms with Gasteiger partial charge in [0.25, 0.3) is 0 Å². The van der Waals surface area contributed by atoms with Crippen LogP contribution in [0.25, 0.3) is 6.08 Å². The molecule has 1 saturated heterocycles. The number of benzene rings is 1. The van der Waals surface area contributed by atoms with E-state index in [1.165, 1.54) is 6.08 Å². The van der Waals surface area contributed by atoms with Crippen LogP contribution in [0.5, 0.6) is 0 Å². The summed E-state index contributed by atoms with van der Waals surface area (Å²) in [6.45, 7) is -0.361. The van der Waals surface area contributed by atoms with Gasteiger partial charge in [-0.2, -0.15) is 0 Å². The molecular formula is C15H18O7. The van der Waals surface area contributed by atoms with Gasteiger partial charge in [0.2, 0.25) is 0 Å². The Balaban J connectivity index is 1.84. The molecule has 1 aliphatic rings. The topological polar surface area (TPSA) is 116 Å². The third-order valence-corrected chi connectivity index (χ3v) is 3.29. The lowest BCUT2D eigenvalue weighted by atomic mass is 9.99. The molecule has 0 unspecified atom stereocenters. The fourth-order valence-electron chi connectivity index (χ4n) is 2.01. The van der Waals surface area contributed by atoms with Crippen LogP contribution in [0.4, 0.5) is 0 Å². The van der Waals surface area contributed by atoms with Crippen LogP contribution in [0.2, 0.25) is 0 Å². The zero-order valence-corrected chi connectivity index (χ0v) is 11.6. The van der Waals surface area contributed by atoms with Crippen molar-refractivity contribution < 1.29 is 34.7 Å². The number of aliphatic hydroxyl groups excluding tert-OH is 4. The van der Waals surface area contributed by atoms with Crippen molar-refractivity contribution in [3.63, 3.8) is 0 Å². The minimum absolute atomic E-state index is 0.361. The van der Waals surface area contributed by atoms with Gasteiger partial charge in [-0.15, -0.1) is 0 Å². The molecule has 1 heterocycles. The van der Waals surface area contributed by atoms with Crippen LogP contribution in [0.15, 0.2) is 36.4 Å². The van der Waals surface area contributed by atoms with Gasteiger partial charge in [-0.3, -0.25) is 0 Å². The molecule has 1 aliphatic heterocycles. The molecule has 0 aromatic heterocycles. The van der Waals surface area contributed by atoms with Gasteiger partial charge in [-0.05, 0) is 11.6 Å². The Morgan fingerprint density at radius 1 is 1.09 bits per heavy atom. The molecule has 0 radical (unpaired) electrons. The van der Waals surface area contributed by atoms with Crippen LogP contribution in [-0.4, -0.2) is 63.7 Å². The van der Waals surface area contributed by atoms with Crippen LogP contribution >= 0.6 is 0 Å².